The molecule has 0 N–H and O–H groups in total. The van der Waals surface area contributed by atoms with E-state index in [2.05, 4.69) is 17.1 Å². The predicted octanol–water partition coefficient (Wildman–Crippen LogP) is 2.43. The number of ether oxygens (including phenoxy) is 2. The van der Waals surface area contributed by atoms with Gasteiger partial charge in [0.15, 0.2) is 0 Å². The van der Waals surface area contributed by atoms with Crippen LogP contribution in [-0.2, 0) is 24.1 Å². The topological polar surface area (TPSA) is 73.7 Å². The van der Waals surface area contributed by atoms with E-state index in [1.807, 2.05) is 23.6 Å². The zero-order valence-corrected chi connectivity index (χ0v) is 17.5. The van der Waals surface area contributed by atoms with E-state index in [0.717, 1.165) is 12.8 Å². The summed E-state index contributed by atoms with van der Waals surface area (Å²) >= 11 is 0. The molecule has 7 heteroatoms. The summed E-state index contributed by atoms with van der Waals surface area (Å²) in [6.07, 6.45) is 4.96. The van der Waals surface area contributed by atoms with Crippen molar-refractivity contribution in [2.45, 2.75) is 32.4 Å². The number of carbonyl (C=O) groups is 1. The fourth-order valence-electron chi connectivity index (χ4n) is 4.46. The Hall–Kier alpha value is -3.19. The van der Waals surface area contributed by atoms with Crippen LogP contribution in [0.15, 0.2) is 47.5 Å². The Labute approximate surface area is 180 Å². The third kappa shape index (κ3) is 3.70. The normalized spacial score (nSPS) is 16.5. The average molecular weight is 419 g/mol. The van der Waals surface area contributed by atoms with Gasteiger partial charge in [0.2, 0.25) is 11.3 Å². The molecule has 7 nitrogen and oxygen atoms in total. The molecule has 1 fully saturated rings. The summed E-state index contributed by atoms with van der Waals surface area (Å²) in [5.74, 6) is 0.170. The highest BCUT2D eigenvalue weighted by Gasteiger charge is 2.25. The number of fused-ring (bicyclic) bond motifs is 2. The van der Waals surface area contributed by atoms with Crippen molar-refractivity contribution in [1.29, 1.82) is 0 Å². The molecule has 3 heterocycles. The van der Waals surface area contributed by atoms with Crippen LogP contribution in [-0.4, -0.2) is 52.8 Å². The highest BCUT2D eigenvalue weighted by atomic mass is 16.5. The number of amides is 1. The number of hydrogen-bond acceptors (Lipinski definition) is 5. The summed E-state index contributed by atoms with van der Waals surface area (Å²) in [4.78, 5) is 32.4. The second kappa shape index (κ2) is 8.15. The minimum Gasteiger partial charge on any atom is -0.474 e. The molecule has 2 aliphatic rings. The molecule has 1 amide bonds. The van der Waals surface area contributed by atoms with Crippen molar-refractivity contribution in [3.05, 3.63) is 69.6 Å². The molecule has 1 aromatic carbocycles. The molecular formula is C24H25N3O4. The molecule has 0 radical (unpaired) electrons. The lowest BCUT2D eigenvalue weighted by Crippen LogP contribution is -2.42. The summed E-state index contributed by atoms with van der Waals surface area (Å²) < 4.78 is 13.4. The van der Waals surface area contributed by atoms with Crippen LogP contribution in [0.25, 0.3) is 10.9 Å². The van der Waals surface area contributed by atoms with Crippen molar-refractivity contribution in [2.75, 3.05) is 26.3 Å². The van der Waals surface area contributed by atoms with Crippen LogP contribution in [0, 0.1) is 0 Å². The van der Waals surface area contributed by atoms with Gasteiger partial charge in [-0.05, 0) is 18.1 Å². The van der Waals surface area contributed by atoms with Crippen molar-refractivity contribution in [2.24, 2.45) is 0 Å². The van der Waals surface area contributed by atoms with E-state index >= 15 is 0 Å². The molecule has 0 atom stereocenters. The Balaban J connectivity index is 1.48. The van der Waals surface area contributed by atoms with Gasteiger partial charge in [0.1, 0.15) is 11.7 Å². The van der Waals surface area contributed by atoms with Gasteiger partial charge in [-0.15, -0.1) is 0 Å². The van der Waals surface area contributed by atoms with Crippen molar-refractivity contribution >= 4 is 16.8 Å². The van der Waals surface area contributed by atoms with Gasteiger partial charge in [-0.1, -0.05) is 24.3 Å². The van der Waals surface area contributed by atoms with Gasteiger partial charge in [-0.25, -0.2) is 4.98 Å². The van der Waals surface area contributed by atoms with Crippen molar-refractivity contribution < 1.29 is 14.3 Å². The first-order valence-corrected chi connectivity index (χ1v) is 10.8. The Morgan fingerprint density at radius 2 is 1.90 bits per heavy atom. The highest BCUT2D eigenvalue weighted by molar-refractivity contribution is 5.97. The number of aromatic nitrogens is 2. The average Bonchev–Trinajstić information content (AvgIpc) is 3.22. The summed E-state index contributed by atoms with van der Waals surface area (Å²) in [5, 5.41) is 0.460. The zero-order chi connectivity index (χ0) is 21.4. The summed E-state index contributed by atoms with van der Waals surface area (Å²) in [7, 11) is 0. The Bertz CT molecular complexity index is 1170. The number of morpholine rings is 1. The van der Waals surface area contributed by atoms with Crippen LogP contribution in [0.2, 0.25) is 0 Å². The number of nitrogens with zero attached hydrogens (tertiary/aromatic N) is 3. The molecule has 0 unspecified atom stereocenters. The van der Waals surface area contributed by atoms with E-state index in [4.69, 9.17) is 9.47 Å². The number of aryl methyl sites for hydroxylation is 1. The van der Waals surface area contributed by atoms with E-state index in [0.29, 0.717) is 49.6 Å². The molecule has 1 aliphatic heterocycles. The van der Waals surface area contributed by atoms with E-state index in [9.17, 15) is 9.59 Å². The summed E-state index contributed by atoms with van der Waals surface area (Å²) in [6.45, 7) is 4.58. The molecule has 0 saturated carbocycles. The lowest BCUT2D eigenvalue weighted by molar-refractivity contribution is 0.0301. The minimum absolute atomic E-state index is 0.00563. The zero-order valence-electron chi connectivity index (χ0n) is 17.5. The van der Waals surface area contributed by atoms with Gasteiger partial charge < -0.3 is 18.9 Å². The molecule has 1 saturated heterocycles. The summed E-state index contributed by atoms with van der Waals surface area (Å²) in [6, 6.07) is 10.0. The first-order valence-electron chi connectivity index (χ1n) is 10.8. The van der Waals surface area contributed by atoms with Crippen molar-refractivity contribution in [3.8, 4) is 5.88 Å². The minimum atomic E-state index is -0.279. The van der Waals surface area contributed by atoms with E-state index < -0.39 is 0 Å². The predicted molar refractivity (Wildman–Crippen MR) is 117 cm³/mol. The Kier molecular flexibility index (Phi) is 5.19. The van der Waals surface area contributed by atoms with Gasteiger partial charge in [0.25, 0.3) is 5.91 Å². The summed E-state index contributed by atoms with van der Waals surface area (Å²) in [5.41, 5.74) is 3.19. The van der Waals surface area contributed by atoms with Crippen LogP contribution in [0.3, 0.4) is 0 Å². The lowest BCUT2D eigenvalue weighted by atomic mass is 10.1. The molecule has 0 spiro atoms. The second-order valence-electron chi connectivity index (χ2n) is 8.02. The molecular weight excluding hydrogens is 394 g/mol. The lowest BCUT2D eigenvalue weighted by Gasteiger charge is -2.27. The van der Waals surface area contributed by atoms with Crippen LogP contribution in [0.1, 0.15) is 28.4 Å². The van der Waals surface area contributed by atoms with E-state index in [1.165, 1.54) is 11.1 Å². The fourth-order valence-corrected chi connectivity index (χ4v) is 4.46. The number of hydrogen-bond donors (Lipinski definition) is 0. The smallest absolute Gasteiger partial charge is 0.259 e. The molecule has 3 aromatic rings. The molecule has 160 valence electrons. The van der Waals surface area contributed by atoms with Gasteiger partial charge >= 0.3 is 0 Å². The van der Waals surface area contributed by atoms with Crippen LogP contribution in [0.5, 0.6) is 5.88 Å². The quantitative estimate of drug-likeness (QED) is 0.650. The van der Waals surface area contributed by atoms with E-state index in [1.54, 1.807) is 23.4 Å². The molecule has 2 aromatic heterocycles. The maximum atomic E-state index is 13.3. The molecule has 5 rings (SSSR count). The standard InChI is InChI=1S/C24H25N3O4/c1-2-26-15-20(24(29)27-7-9-30-10-8-27)23(28)19-13-22(25-14-21(19)26)31-18-11-16-5-3-4-6-17(16)12-18/h3-6,13-15,18H,2,7-12H2,1H3. The van der Waals surface area contributed by atoms with Gasteiger partial charge in [0, 0.05) is 44.7 Å². The van der Waals surface area contributed by atoms with Crippen molar-refractivity contribution in [1.82, 2.24) is 14.5 Å². The highest BCUT2D eigenvalue weighted by Crippen LogP contribution is 2.26. The number of rotatable bonds is 4. The number of carbonyl (C=O) groups excluding carboxylic acids is 1. The second-order valence-corrected chi connectivity index (χ2v) is 8.02. The first kappa shape index (κ1) is 19.8. The SMILES string of the molecule is CCn1cc(C(=O)N2CCOCC2)c(=O)c2cc(OC3Cc4ccccc4C3)ncc21. The first-order chi connectivity index (χ1) is 15.1. The number of benzene rings is 1. The fraction of sp³-hybridized carbons (Fsp3) is 0.375. The van der Waals surface area contributed by atoms with Crippen LogP contribution in [0.4, 0.5) is 0 Å². The van der Waals surface area contributed by atoms with Crippen LogP contribution >= 0.6 is 0 Å². The Morgan fingerprint density at radius 3 is 2.58 bits per heavy atom. The van der Waals surface area contributed by atoms with Gasteiger partial charge in [0.05, 0.1) is 30.3 Å². The van der Waals surface area contributed by atoms with Crippen molar-refractivity contribution in [3.63, 3.8) is 0 Å². The molecule has 31 heavy (non-hydrogen) atoms. The third-order valence-electron chi connectivity index (χ3n) is 6.11. The Morgan fingerprint density at radius 1 is 1.19 bits per heavy atom. The monoisotopic (exact) mass is 419 g/mol. The molecule has 1 aliphatic carbocycles. The van der Waals surface area contributed by atoms with Gasteiger partial charge in [-0.3, -0.25) is 9.59 Å². The third-order valence-corrected chi connectivity index (χ3v) is 6.11. The van der Waals surface area contributed by atoms with Gasteiger partial charge in [-0.2, -0.15) is 0 Å². The van der Waals surface area contributed by atoms with Crippen LogP contribution < -0.4 is 10.2 Å². The van der Waals surface area contributed by atoms with E-state index in [-0.39, 0.29) is 23.0 Å². The largest absolute Gasteiger partial charge is 0.474 e. The maximum absolute atomic E-state index is 13.3. The maximum Gasteiger partial charge on any atom is 0.259 e. The molecule has 0 bridgehead atoms. The number of pyridine rings is 2.